The number of thiazole rings is 1. The summed E-state index contributed by atoms with van der Waals surface area (Å²) in [6, 6.07) is 1.58. The van der Waals surface area contributed by atoms with Gasteiger partial charge in [0.25, 0.3) is 0 Å². The molecule has 0 amide bonds. The quantitative estimate of drug-likeness (QED) is 0.875. The summed E-state index contributed by atoms with van der Waals surface area (Å²) < 4.78 is 26.8. The van der Waals surface area contributed by atoms with Gasteiger partial charge < -0.3 is 5.73 Å². The number of rotatable bonds is 5. The Labute approximate surface area is 114 Å². The standard InChI is InChI=1S/C10H13N3O2S3/c1-7-9(17-6-12-7)5-13-18(14,15)10-2-3-16-8(10)4-11/h2-3,6,13H,4-5,11H2,1H3. The minimum absolute atomic E-state index is 0.230. The highest BCUT2D eigenvalue weighted by Crippen LogP contribution is 2.22. The van der Waals surface area contributed by atoms with Crippen LogP contribution in [0.2, 0.25) is 0 Å². The molecule has 0 aliphatic carbocycles. The molecule has 18 heavy (non-hydrogen) atoms. The summed E-state index contributed by atoms with van der Waals surface area (Å²) in [5, 5.41) is 1.73. The van der Waals surface area contributed by atoms with Crippen LogP contribution in [0.5, 0.6) is 0 Å². The number of thiophene rings is 1. The maximum atomic E-state index is 12.1. The van der Waals surface area contributed by atoms with Gasteiger partial charge in [-0.25, -0.2) is 18.1 Å². The van der Waals surface area contributed by atoms with Gasteiger partial charge in [-0.2, -0.15) is 0 Å². The highest BCUT2D eigenvalue weighted by molar-refractivity contribution is 7.89. The zero-order valence-corrected chi connectivity index (χ0v) is 12.2. The van der Waals surface area contributed by atoms with Crippen molar-refractivity contribution in [2.75, 3.05) is 0 Å². The number of nitrogens with two attached hydrogens (primary N) is 1. The fraction of sp³-hybridized carbons (Fsp3) is 0.300. The molecule has 0 aliphatic heterocycles. The first-order chi connectivity index (χ1) is 8.54. The summed E-state index contributed by atoms with van der Waals surface area (Å²) in [6.45, 7) is 2.35. The van der Waals surface area contributed by atoms with Crippen LogP contribution in [0.4, 0.5) is 0 Å². The normalized spacial score (nSPS) is 11.9. The van der Waals surface area contributed by atoms with Crippen molar-refractivity contribution in [1.82, 2.24) is 9.71 Å². The molecule has 0 saturated carbocycles. The van der Waals surface area contributed by atoms with Crippen molar-refractivity contribution in [3.8, 4) is 0 Å². The molecule has 8 heteroatoms. The molecule has 0 aliphatic rings. The van der Waals surface area contributed by atoms with Gasteiger partial charge >= 0.3 is 0 Å². The van der Waals surface area contributed by atoms with E-state index in [1.807, 2.05) is 6.92 Å². The number of nitrogens with zero attached hydrogens (tertiary/aromatic N) is 1. The first kappa shape index (κ1) is 13.6. The van der Waals surface area contributed by atoms with Crippen molar-refractivity contribution in [1.29, 1.82) is 0 Å². The van der Waals surface area contributed by atoms with Crippen molar-refractivity contribution in [2.24, 2.45) is 5.73 Å². The van der Waals surface area contributed by atoms with E-state index in [9.17, 15) is 8.42 Å². The van der Waals surface area contributed by atoms with E-state index in [4.69, 9.17) is 5.73 Å². The molecule has 2 heterocycles. The maximum Gasteiger partial charge on any atom is 0.242 e. The average molecular weight is 303 g/mol. The van der Waals surface area contributed by atoms with Gasteiger partial charge in [-0.05, 0) is 18.4 Å². The van der Waals surface area contributed by atoms with Gasteiger partial charge in [0, 0.05) is 22.8 Å². The predicted octanol–water partition coefficient (Wildman–Crippen LogP) is 1.45. The number of aryl methyl sites for hydroxylation is 1. The van der Waals surface area contributed by atoms with E-state index in [-0.39, 0.29) is 18.0 Å². The third kappa shape index (κ3) is 2.78. The molecule has 2 rings (SSSR count). The van der Waals surface area contributed by atoms with Gasteiger partial charge in [0.05, 0.1) is 16.1 Å². The molecular formula is C10H13N3O2S3. The summed E-state index contributed by atoms with van der Waals surface area (Å²) in [6.07, 6.45) is 0. The third-order valence-corrected chi connectivity index (χ3v) is 5.94. The van der Waals surface area contributed by atoms with Gasteiger partial charge in [0.2, 0.25) is 10.0 Å². The molecule has 0 saturated heterocycles. The first-order valence-corrected chi connectivity index (χ1v) is 8.44. The Hall–Kier alpha value is -0.800. The second kappa shape index (κ2) is 5.45. The molecule has 2 aromatic heterocycles. The molecule has 0 unspecified atom stereocenters. The number of hydrogen-bond acceptors (Lipinski definition) is 6. The van der Waals surface area contributed by atoms with Crippen molar-refractivity contribution >= 4 is 32.7 Å². The fourth-order valence-corrected chi connectivity index (χ4v) is 4.59. The molecule has 0 spiro atoms. The molecule has 2 aromatic rings. The Balaban J connectivity index is 2.16. The van der Waals surface area contributed by atoms with Crippen molar-refractivity contribution in [3.63, 3.8) is 0 Å². The highest BCUT2D eigenvalue weighted by Gasteiger charge is 2.19. The van der Waals surface area contributed by atoms with E-state index in [0.717, 1.165) is 10.6 Å². The van der Waals surface area contributed by atoms with Crippen LogP contribution in [-0.2, 0) is 23.1 Å². The number of sulfonamides is 1. The zero-order chi connectivity index (χ0) is 13.2. The average Bonchev–Trinajstić information content (AvgIpc) is 2.95. The van der Waals surface area contributed by atoms with Crippen LogP contribution < -0.4 is 10.5 Å². The van der Waals surface area contributed by atoms with Gasteiger partial charge in [-0.15, -0.1) is 22.7 Å². The van der Waals surface area contributed by atoms with Gasteiger partial charge in [-0.3, -0.25) is 0 Å². The Morgan fingerprint density at radius 1 is 1.39 bits per heavy atom. The van der Waals surface area contributed by atoms with Crippen LogP contribution in [0, 0.1) is 6.92 Å². The summed E-state index contributed by atoms with van der Waals surface area (Å²) >= 11 is 2.79. The Bertz CT molecular complexity index is 630. The summed E-state index contributed by atoms with van der Waals surface area (Å²) in [4.78, 5) is 5.94. The number of aromatic nitrogens is 1. The molecule has 98 valence electrons. The molecule has 3 N–H and O–H groups in total. The summed E-state index contributed by atoms with van der Waals surface area (Å²) in [5.74, 6) is 0. The zero-order valence-electron chi connectivity index (χ0n) is 9.71. The third-order valence-electron chi connectivity index (χ3n) is 2.45. The minimum atomic E-state index is -3.49. The molecule has 0 fully saturated rings. The van der Waals surface area contributed by atoms with E-state index in [2.05, 4.69) is 9.71 Å². The largest absolute Gasteiger partial charge is 0.326 e. The molecule has 0 atom stereocenters. The lowest BCUT2D eigenvalue weighted by molar-refractivity contribution is 0.581. The number of hydrogen-bond donors (Lipinski definition) is 2. The van der Waals surface area contributed by atoms with Crippen LogP contribution in [0.15, 0.2) is 21.9 Å². The lowest BCUT2D eigenvalue weighted by atomic mass is 10.4. The fourth-order valence-electron chi connectivity index (χ4n) is 1.45. The van der Waals surface area contributed by atoms with Crippen molar-refractivity contribution < 1.29 is 8.42 Å². The number of nitrogens with one attached hydrogen (secondary N) is 1. The van der Waals surface area contributed by atoms with Crippen LogP contribution in [-0.4, -0.2) is 13.4 Å². The van der Waals surface area contributed by atoms with E-state index in [1.165, 1.54) is 22.7 Å². The lowest BCUT2D eigenvalue weighted by Gasteiger charge is -2.06. The monoisotopic (exact) mass is 303 g/mol. The Morgan fingerprint density at radius 3 is 2.78 bits per heavy atom. The maximum absolute atomic E-state index is 12.1. The minimum Gasteiger partial charge on any atom is -0.326 e. The predicted molar refractivity (Wildman–Crippen MR) is 73.1 cm³/mol. The first-order valence-electron chi connectivity index (χ1n) is 5.19. The molecule has 0 bridgehead atoms. The van der Waals surface area contributed by atoms with Gasteiger partial charge in [-0.1, -0.05) is 0 Å². The SMILES string of the molecule is Cc1ncsc1CNS(=O)(=O)c1ccsc1CN. The highest BCUT2D eigenvalue weighted by atomic mass is 32.2. The van der Waals surface area contributed by atoms with Crippen LogP contribution in [0.1, 0.15) is 15.4 Å². The molecule has 0 radical (unpaired) electrons. The van der Waals surface area contributed by atoms with E-state index in [1.54, 1.807) is 17.0 Å². The molecular weight excluding hydrogens is 290 g/mol. The van der Waals surface area contributed by atoms with Crippen molar-refractivity contribution in [2.45, 2.75) is 24.9 Å². The van der Waals surface area contributed by atoms with E-state index in [0.29, 0.717) is 4.88 Å². The summed E-state index contributed by atoms with van der Waals surface area (Å²) in [5.41, 5.74) is 8.07. The van der Waals surface area contributed by atoms with Crippen LogP contribution in [0.3, 0.4) is 0 Å². The molecule has 0 aromatic carbocycles. The van der Waals surface area contributed by atoms with E-state index < -0.39 is 10.0 Å². The smallest absolute Gasteiger partial charge is 0.242 e. The van der Waals surface area contributed by atoms with E-state index >= 15 is 0 Å². The Morgan fingerprint density at radius 2 is 2.17 bits per heavy atom. The Kier molecular flexibility index (Phi) is 4.13. The van der Waals surface area contributed by atoms with Crippen LogP contribution >= 0.6 is 22.7 Å². The van der Waals surface area contributed by atoms with Crippen molar-refractivity contribution in [3.05, 3.63) is 32.4 Å². The lowest BCUT2D eigenvalue weighted by Crippen LogP contribution is -2.24. The second-order valence-corrected chi connectivity index (χ2v) is 7.27. The molecule has 5 nitrogen and oxygen atoms in total. The van der Waals surface area contributed by atoms with Crippen LogP contribution in [0.25, 0.3) is 0 Å². The van der Waals surface area contributed by atoms with Gasteiger partial charge in [0.1, 0.15) is 0 Å². The topological polar surface area (TPSA) is 85.1 Å². The second-order valence-electron chi connectivity index (χ2n) is 3.60. The summed E-state index contributed by atoms with van der Waals surface area (Å²) in [7, 11) is -3.49. The van der Waals surface area contributed by atoms with Gasteiger partial charge in [0.15, 0.2) is 0 Å².